The van der Waals surface area contributed by atoms with Crippen molar-refractivity contribution >= 4 is 0 Å². The largest absolute Gasteiger partial charge is 0.496 e. The predicted molar refractivity (Wildman–Crippen MR) is 83.0 cm³/mol. The molecule has 0 unspecified atom stereocenters. The Kier molecular flexibility index (Phi) is 4.33. The molecule has 0 spiro atoms. The Morgan fingerprint density at radius 1 is 0.750 bits per heavy atom. The molecule has 2 aromatic carbocycles. The third kappa shape index (κ3) is 2.96. The summed E-state index contributed by atoms with van der Waals surface area (Å²) >= 11 is 0. The molecule has 0 saturated heterocycles. The summed E-state index contributed by atoms with van der Waals surface area (Å²) in [7, 11) is 3.43. The Balaban J connectivity index is 2.28. The van der Waals surface area contributed by atoms with Crippen LogP contribution < -0.4 is 9.47 Å². The molecular weight excluding hydrogens is 248 g/mol. The second kappa shape index (κ2) is 6.00. The Labute approximate surface area is 121 Å². The van der Waals surface area contributed by atoms with Gasteiger partial charge >= 0.3 is 0 Å². The van der Waals surface area contributed by atoms with Crippen LogP contribution in [0.1, 0.15) is 27.8 Å². The fourth-order valence-electron chi connectivity index (χ4n) is 2.75. The minimum absolute atomic E-state index is 0.927. The molecule has 0 N–H and O–H groups in total. The average Bonchev–Trinajstić information content (AvgIpc) is 2.38. The zero-order valence-electron chi connectivity index (χ0n) is 12.9. The van der Waals surface area contributed by atoms with Gasteiger partial charge in [-0.05, 0) is 61.1 Å². The first-order valence-corrected chi connectivity index (χ1v) is 6.82. The Hall–Kier alpha value is -1.96. The molecule has 2 nitrogen and oxygen atoms in total. The molecule has 0 fully saturated rings. The molecular formula is C18H22O2. The monoisotopic (exact) mass is 270 g/mol. The first kappa shape index (κ1) is 14.4. The van der Waals surface area contributed by atoms with Crippen LogP contribution in [0.2, 0.25) is 0 Å². The summed E-state index contributed by atoms with van der Waals surface area (Å²) in [5.74, 6) is 1.93. The molecule has 0 atom stereocenters. The normalized spacial score (nSPS) is 10.4. The lowest BCUT2D eigenvalue weighted by molar-refractivity contribution is 0.408. The fourth-order valence-corrected chi connectivity index (χ4v) is 2.75. The molecule has 0 aromatic heterocycles. The maximum atomic E-state index is 5.41. The first-order chi connectivity index (χ1) is 9.55. The van der Waals surface area contributed by atoms with Gasteiger partial charge in [0.15, 0.2) is 0 Å². The van der Waals surface area contributed by atoms with Gasteiger partial charge < -0.3 is 9.47 Å². The third-order valence-corrected chi connectivity index (χ3v) is 3.59. The van der Waals surface area contributed by atoms with Crippen LogP contribution in [0, 0.1) is 20.8 Å². The molecule has 0 radical (unpaired) electrons. The number of hydrogen-bond acceptors (Lipinski definition) is 2. The van der Waals surface area contributed by atoms with Crippen LogP contribution in [0.5, 0.6) is 11.5 Å². The lowest BCUT2D eigenvalue weighted by Gasteiger charge is -2.12. The Morgan fingerprint density at radius 2 is 1.35 bits per heavy atom. The van der Waals surface area contributed by atoms with E-state index < -0.39 is 0 Å². The van der Waals surface area contributed by atoms with Crippen LogP contribution in [0.3, 0.4) is 0 Å². The molecule has 106 valence electrons. The summed E-state index contributed by atoms with van der Waals surface area (Å²) in [4.78, 5) is 0. The van der Waals surface area contributed by atoms with Crippen molar-refractivity contribution < 1.29 is 9.47 Å². The van der Waals surface area contributed by atoms with Gasteiger partial charge in [0, 0.05) is 0 Å². The minimum atomic E-state index is 0.927. The SMILES string of the molecule is COc1ccc(Cc2cc(C)c(OC)c(C)c2)cc1C. The van der Waals surface area contributed by atoms with Gasteiger partial charge in [0.2, 0.25) is 0 Å². The molecule has 0 amide bonds. The minimum Gasteiger partial charge on any atom is -0.496 e. The van der Waals surface area contributed by atoms with Crippen molar-refractivity contribution in [2.24, 2.45) is 0 Å². The van der Waals surface area contributed by atoms with Gasteiger partial charge in [0.25, 0.3) is 0 Å². The summed E-state index contributed by atoms with van der Waals surface area (Å²) in [6.45, 7) is 6.26. The maximum absolute atomic E-state index is 5.41. The van der Waals surface area contributed by atoms with Crippen molar-refractivity contribution in [1.29, 1.82) is 0 Å². The molecule has 20 heavy (non-hydrogen) atoms. The van der Waals surface area contributed by atoms with E-state index in [0.29, 0.717) is 0 Å². The highest BCUT2D eigenvalue weighted by Crippen LogP contribution is 2.26. The van der Waals surface area contributed by atoms with Crippen LogP contribution in [0.4, 0.5) is 0 Å². The molecule has 0 bridgehead atoms. The molecule has 0 aliphatic heterocycles. The van der Waals surface area contributed by atoms with Gasteiger partial charge in [-0.25, -0.2) is 0 Å². The van der Waals surface area contributed by atoms with E-state index in [1.54, 1.807) is 14.2 Å². The number of aryl methyl sites for hydroxylation is 3. The zero-order valence-corrected chi connectivity index (χ0v) is 12.9. The van der Waals surface area contributed by atoms with E-state index in [0.717, 1.165) is 17.9 Å². The molecule has 2 rings (SSSR count). The summed E-state index contributed by atoms with van der Waals surface area (Å²) in [5, 5.41) is 0. The highest BCUT2D eigenvalue weighted by molar-refractivity contribution is 5.45. The van der Waals surface area contributed by atoms with Crippen molar-refractivity contribution in [2.75, 3.05) is 14.2 Å². The van der Waals surface area contributed by atoms with Gasteiger partial charge in [-0.15, -0.1) is 0 Å². The molecule has 0 saturated carbocycles. The zero-order chi connectivity index (χ0) is 14.7. The Bertz CT molecular complexity index is 592. The van der Waals surface area contributed by atoms with Crippen LogP contribution in [0.15, 0.2) is 30.3 Å². The number of benzene rings is 2. The lowest BCUT2D eigenvalue weighted by atomic mass is 9.98. The van der Waals surface area contributed by atoms with Gasteiger partial charge in [0.05, 0.1) is 14.2 Å². The van der Waals surface area contributed by atoms with Crippen LogP contribution in [-0.2, 0) is 6.42 Å². The van der Waals surface area contributed by atoms with Crippen molar-refractivity contribution in [1.82, 2.24) is 0 Å². The molecule has 0 heterocycles. The highest BCUT2D eigenvalue weighted by atomic mass is 16.5. The van der Waals surface area contributed by atoms with Gasteiger partial charge in [-0.2, -0.15) is 0 Å². The van der Waals surface area contributed by atoms with Crippen molar-refractivity contribution in [2.45, 2.75) is 27.2 Å². The average molecular weight is 270 g/mol. The van der Waals surface area contributed by atoms with Crippen LogP contribution in [-0.4, -0.2) is 14.2 Å². The molecule has 2 aromatic rings. The maximum Gasteiger partial charge on any atom is 0.124 e. The van der Waals surface area contributed by atoms with Gasteiger partial charge in [0.1, 0.15) is 11.5 Å². The number of rotatable bonds is 4. The smallest absolute Gasteiger partial charge is 0.124 e. The van der Waals surface area contributed by atoms with Gasteiger partial charge in [-0.3, -0.25) is 0 Å². The number of hydrogen-bond donors (Lipinski definition) is 0. The summed E-state index contributed by atoms with van der Waals surface area (Å²) in [6.07, 6.45) is 0.927. The van der Waals surface area contributed by atoms with E-state index in [1.807, 2.05) is 6.07 Å². The van der Waals surface area contributed by atoms with E-state index >= 15 is 0 Å². The van der Waals surface area contributed by atoms with E-state index in [1.165, 1.54) is 27.8 Å². The molecule has 0 aliphatic rings. The Morgan fingerprint density at radius 3 is 1.85 bits per heavy atom. The van der Waals surface area contributed by atoms with Crippen molar-refractivity contribution in [3.05, 3.63) is 58.1 Å². The van der Waals surface area contributed by atoms with E-state index in [4.69, 9.17) is 9.47 Å². The van der Waals surface area contributed by atoms with Crippen LogP contribution >= 0.6 is 0 Å². The topological polar surface area (TPSA) is 18.5 Å². The van der Waals surface area contributed by atoms with Crippen LogP contribution in [0.25, 0.3) is 0 Å². The molecule has 2 heteroatoms. The predicted octanol–water partition coefficient (Wildman–Crippen LogP) is 4.22. The third-order valence-electron chi connectivity index (χ3n) is 3.59. The quantitative estimate of drug-likeness (QED) is 0.828. The second-order valence-corrected chi connectivity index (χ2v) is 5.24. The van der Waals surface area contributed by atoms with E-state index in [9.17, 15) is 0 Å². The first-order valence-electron chi connectivity index (χ1n) is 6.82. The van der Waals surface area contributed by atoms with Crippen molar-refractivity contribution in [3.8, 4) is 11.5 Å². The number of ether oxygens (including phenoxy) is 2. The second-order valence-electron chi connectivity index (χ2n) is 5.24. The summed E-state index contributed by atoms with van der Waals surface area (Å²) in [5.41, 5.74) is 6.16. The molecule has 0 aliphatic carbocycles. The van der Waals surface area contributed by atoms with E-state index in [2.05, 4.69) is 45.0 Å². The summed E-state index contributed by atoms with van der Waals surface area (Å²) < 4.78 is 10.7. The lowest BCUT2D eigenvalue weighted by Crippen LogP contribution is -1.96. The van der Waals surface area contributed by atoms with E-state index in [-0.39, 0.29) is 0 Å². The van der Waals surface area contributed by atoms with Crippen molar-refractivity contribution in [3.63, 3.8) is 0 Å². The highest BCUT2D eigenvalue weighted by Gasteiger charge is 2.07. The fraction of sp³-hybridized carbons (Fsp3) is 0.333. The van der Waals surface area contributed by atoms with Gasteiger partial charge in [-0.1, -0.05) is 24.3 Å². The standard InChI is InChI=1S/C18H22O2/c1-12-8-15(6-7-17(12)19-4)11-16-9-13(2)18(20-5)14(3)10-16/h6-10H,11H2,1-5H3. The number of methoxy groups -OCH3 is 2. The summed E-state index contributed by atoms with van der Waals surface area (Å²) in [6, 6.07) is 10.7.